The summed E-state index contributed by atoms with van der Waals surface area (Å²) in [6.45, 7) is 1.90. The number of hydrogen-bond acceptors (Lipinski definition) is 3. The average molecular weight is 221 g/mol. The quantitative estimate of drug-likeness (QED) is 0.791. The summed E-state index contributed by atoms with van der Waals surface area (Å²) in [4.78, 5) is 4.12. The van der Waals surface area contributed by atoms with Gasteiger partial charge in [0.25, 0.3) is 0 Å². The van der Waals surface area contributed by atoms with E-state index >= 15 is 0 Å². The van der Waals surface area contributed by atoms with Crippen LogP contribution in [0.4, 0.5) is 0 Å². The lowest BCUT2D eigenvalue weighted by molar-refractivity contribution is 0.414. The third-order valence-corrected chi connectivity index (χ3v) is 2.31. The van der Waals surface area contributed by atoms with Gasteiger partial charge in [0.1, 0.15) is 11.6 Å². The number of hydrogen-bond donors (Lipinski definition) is 1. The largest absolute Gasteiger partial charge is 0.497 e. The zero-order chi connectivity index (χ0) is 10.8. The van der Waals surface area contributed by atoms with Gasteiger partial charge in [-0.15, -0.1) is 0 Å². The molecule has 0 saturated carbocycles. The van der Waals surface area contributed by atoms with Gasteiger partial charge < -0.3 is 4.74 Å². The Morgan fingerprint density at radius 2 is 2.00 bits per heavy atom. The van der Waals surface area contributed by atoms with Gasteiger partial charge in [-0.2, -0.15) is 0 Å². The molecule has 5 heteroatoms. The molecule has 0 spiro atoms. The molecule has 0 bridgehead atoms. The zero-order valence-corrected chi connectivity index (χ0v) is 9.34. The molecule has 0 aliphatic carbocycles. The van der Waals surface area contributed by atoms with E-state index in [9.17, 15) is 0 Å². The van der Waals surface area contributed by atoms with Crippen LogP contribution in [0.5, 0.6) is 5.75 Å². The number of ether oxygens (including phenoxy) is 1. The average Bonchev–Trinajstić information content (AvgIpc) is 2.58. The molecule has 4 nitrogen and oxygen atoms in total. The lowest BCUT2D eigenvalue weighted by Crippen LogP contribution is -1.98. The molecule has 0 amide bonds. The summed E-state index contributed by atoms with van der Waals surface area (Å²) in [6, 6.07) is 7.68. The van der Waals surface area contributed by atoms with Crippen molar-refractivity contribution in [3.05, 3.63) is 34.9 Å². The van der Waals surface area contributed by atoms with Crippen molar-refractivity contribution in [3.63, 3.8) is 0 Å². The Balaban J connectivity index is 2.45. The molecule has 1 heterocycles. The molecule has 0 aliphatic heterocycles. The molecule has 1 N–H and O–H groups in total. The van der Waals surface area contributed by atoms with Gasteiger partial charge in [0.05, 0.1) is 12.8 Å². The number of rotatable bonds is 2. The Morgan fingerprint density at radius 3 is 2.47 bits per heavy atom. The SMILES string of the molecule is COc1ccc(-n2[nH]c(=S)nc2C)cc1. The fourth-order valence-corrected chi connectivity index (χ4v) is 1.60. The molecule has 0 radical (unpaired) electrons. The van der Waals surface area contributed by atoms with Crippen LogP contribution in [0.1, 0.15) is 5.82 Å². The van der Waals surface area contributed by atoms with Crippen molar-refractivity contribution < 1.29 is 4.74 Å². The van der Waals surface area contributed by atoms with Crippen LogP contribution in [0, 0.1) is 11.7 Å². The van der Waals surface area contributed by atoms with Crippen LogP contribution in [-0.4, -0.2) is 21.9 Å². The van der Waals surface area contributed by atoms with E-state index in [-0.39, 0.29) is 0 Å². The van der Waals surface area contributed by atoms with Crippen molar-refractivity contribution in [1.82, 2.24) is 14.8 Å². The summed E-state index contributed by atoms with van der Waals surface area (Å²) in [5.74, 6) is 1.67. The Bertz CT molecular complexity index is 512. The summed E-state index contributed by atoms with van der Waals surface area (Å²) < 4.78 is 7.41. The number of aryl methyl sites for hydroxylation is 1. The van der Waals surface area contributed by atoms with Crippen LogP contribution in [-0.2, 0) is 0 Å². The highest BCUT2D eigenvalue weighted by Crippen LogP contribution is 2.14. The van der Waals surface area contributed by atoms with E-state index in [1.807, 2.05) is 35.9 Å². The van der Waals surface area contributed by atoms with Gasteiger partial charge in [0.15, 0.2) is 0 Å². The predicted molar refractivity (Wildman–Crippen MR) is 60.0 cm³/mol. The second-order valence-electron chi connectivity index (χ2n) is 3.11. The monoisotopic (exact) mass is 221 g/mol. The van der Waals surface area contributed by atoms with Crippen molar-refractivity contribution >= 4 is 12.2 Å². The third kappa shape index (κ3) is 1.92. The van der Waals surface area contributed by atoms with Crippen molar-refractivity contribution in [2.24, 2.45) is 0 Å². The molecule has 2 rings (SSSR count). The van der Waals surface area contributed by atoms with E-state index in [4.69, 9.17) is 17.0 Å². The van der Waals surface area contributed by atoms with Crippen LogP contribution < -0.4 is 4.74 Å². The number of aromatic amines is 1. The van der Waals surface area contributed by atoms with Crippen LogP contribution in [0.25, 0.3) is 5.69 Å². The first-order valence-corrected chi connectivity index (χ1v) is 4.91. The maximum Gasteiger partial charge on any atom is 0.213 e. The summed E-state index contributed by atoms with van der Waals surface area (Å²) in [5, 5.41) is 2.98. The summed E-state index contributed by atoms with van der Waals surface area (Å²) in [5.41, 5.74) is 0.983. The standard InChI is InChI=1S/C10H11N3OS/c1-7-11-10(15)12-13(7)8-3-5-9(14-2)6-4-8/h3-6H,1-2H3,(H,12,15). The first kappa shape index (κ1) is 9.92. The molecule has 78 valence electrons. The number of benzene rings is 1. The number of nitrogens with zero attached hydrogens (tertiary/aromatic N) is 2. The molecular formula is C10H11N3OS. The number of H-pyrrole nitrogens is 1. The summed E-state index contributed by atoms with van der Waals surface area (Å²) in [7, 11) is 1.64. The fraction of sp³-hybridized carbons (Fsp3) is 0.200. The second kappa shape index (κ2) is 3.86. The molecule has 1 aromatic carbocycles. The van der Waals surface area contributed by atoms with Crippen molar-refractivity contribution in [2.45, 2.75) is 6.92 Å². The molecule has 0 fully saturated rings. The third-order valence-electron chi connectivity index (χ3n) is 2.13. The van der Waals surface area contributed by atoms with E-state index < -0.39 is 0 Å². The molecule has 15 heavy (non-hydrogen) atoms. The first-order valence-electron chi connectivity index (χ1n) is 4.51. The molecular weight excluding hydrogens is 210 g/mol. The summed E-state index contributed by atoms with van der Waals surface area (Å²) >= 11 is 4.96. The molecule has 1 aromatic heterocycles. The highest BCUT2D eigenvalue weighted by molar-refractivity contribution is 7.71. The highest BCUT2D eigenvalue weighted by atomic mass is 32.1. The Morgan fingerprint density at radius 1 is 1.33 bits per heavy atom. The highest BCUT2D eigenvalue weighted by Gasteiger charge is 2.01. The number of methoxy groups -OCH3 is 1. The van der Waals surface area contributed by atoms with Gasteiger partial charge in [0.2, 0.25) is 4.77 Å². The zero-order valence-electron chi connectivity index (χ0n) is 8.52. The van der Waals surface area contributed by atoms with E-state index in [0.29, 0.717) is 4.77 Å². The topological polar surface area (TPSA) is 42.8 Å². The van der Waals surface area contributed by atoms with Gasteiger partial charge in [-0.05, 0) is 43.4 Å². The minimum atomic E-state index is 0.489. The molecule has 0 atom stereocenters. The van der Waals surface area contributed by atoms with Gasteiger partial charge in [-0.25, -0.2) is 9.67 Å². The van der Waals surface area contributed by atoms with Crippen molar-refractivity contribution in [1.29, 1.82) is 0 Å². The van der Waals surface area contributed by atoms with Gasteiger partial charge >= 0.3 is 0 Å². The van der Waals surface area contributed by atoms with E-state index in [1.54, 1.807) is 7.11 Å². The molecule has 2 aromatic rings. The normalized spacial score (nSPS) is 10.3. The minimum absolute atomic E-state index is 0.489. The Kier molecular flexibility index (Phi) is 2.55. The molecule has 0 saturated heterocycles. The van der Waals surface area contributed by atoms with E-state index in [2.05, 4.69) is 10.1 Å². The van der Waals surface area contributed by atoms with Gasteiger partial charge in [-0.3, -0.25) is 5.10 Å². The van der Waals surface area contributed by atoms with Crippen LogP contribution >= 0.6 is 12.2 Å². The maximum atomic E-state index is 5.08. The second-order valence-corrected chi connectivity index (χ2v) is 3.50. The van der Waals surface area contributed by atoms with E-state index in [1.165, 1.54) is 0 Å². The predicted octanol–water partition coefficient (Wildman–Crippen LogP) is 2.25. The van der Waals surface area contributed by atoms with Crippen molar-refractivity contribution in [3.8, 4) is 11.4 Å². The van der Waals surface area contributed by atoms with E-state index in [0.717, 1.165) is 17.3 Å². The lowest BCUT2D eigenvalue weighted by atomic mass is 10.3. The Hall–Kier alpha value is -1.62. The van der Waals surface area contributed by atoms with Crippen molar-refractivity contribution in [2.75, 3.05) is 7.11 Å². The lowest BCUT2D eigenvalue weighted by Gasteiger charge is -2.05. The van der Waals surface area contributed by atoms with Crippen LogP contribution in [0.3, 0.4) is 0 Å². The van der Waals surface area contributed by atoms with Crippen LogP contribution in [0.15, 0.2) is 24.3 Å². The number of nitrogens with one attached hydrogen (secondary N) is 1. The molecule has 0 unspecified atom stereocenters. The van der Waals surface area contributed by atoms with Gasteiger partial charge in [0, 0.05) is 0 Å². The number of aromatic nitrogens is 3. The summed E-state index contributed by atoms with van der Waals surface area (Å²) in [6.07, 6.45) is 0. The Labute approximate surface area is 92.5 Å². The minimum Gasteiger partial charge on any atom is -0.497 e. The molecule has 0 aliphatic rings. The van der Waals surface area contributed by atoms with Gasteiger partial charge in [-0.1, -0.05) is 0 Å². The maximum absolute atomic E-state index is 5.08. The fourth-order valence-electron chi connectivity index (χ4n) is 1.38. The smallest absolute Gasteiger partial charge is 0.213 e. The first-order chi connectivity index (χ1) is 7.20. The van der Waals surface area contributed by atoms with Crippen LogP contribution in [0.2, 0.25) is 0 Å².